The molecular weight excluding hydrogens is 324 g/mol. The van der Waals surface area contributed by atoms with E-state index < -0.39 is 10.1 Å². The van der Waals surface area contributed by atoms with Gasteiger partial charge in [0, 0.05) is 0 Å². The van der Waals surface area contributed by atoms with E-state index in [1.54, 1.807) is 23.1 Å². The van der Waals surface area contributed by atoms with Crippen molar-refractivity contribution in [3.63, 3.8) is 0 Å². The summed E-state index contributed by atoms with van der Waals surface area (Å²) in [4.78, 5) is 14.7. The van der Waals surface area contributed by atoms with E-state index in [9.17, 15) is 22.9 Å². The van der Waals surface area contributed by atoms with Crippen LogP contribution in [0.5, 0.6) is 11.5 Å². The number of benzene rings is 1. The Bertz CT molecular complexity index is 640. The van der Waals surface area contributed by atoms with E-state index in [4.69, 9.17) is 4.74 Å². The van der Waals surface area contributed by atoms with Gasteiger partial charge < -0.3 is 24.2 Å². The number of hydrogen-bond donors (Lipinski definition) is 2. The average molecular weight is 344 g/mol. The van der Waals surface area contributed by atoms with Crippen molar-refractivity contribution < 1.29 is 32.5 Å². The van der Waals surface area contributed by atoms with Crippen molar-refractivity contribution in [1.82, 2.24) is 4.90 Å². The molecule has 8 nitrogen and oxygen atoms in total. The van der Waals surface area contributed by atoms with Crippen molar-refractivity contribution in [3.8, 4) is 11.5 Å². The number of piperazine rings is 1. The molecule has 1 aromatic carbocycles. The molecule has 9 heteroatoms. The van der Waals surface area contributed by atoms with Gasteiger partial charge in [-0.1, -0.05) is 12.1 Å². The highest BCUT2D eigenvalue weighted by molar-refractivity contribution is 7.85. The van der Waals surface area contributed by atoms with E-state index in [2.05, 4.69) is 0 Å². The van der Waals surface area contributed by atoms with Gasteiger partial charge in [0.1, 0.15) is 10.1 Å². The molecule has 0 atom stereocenters. The lowest BCUT2D eigenvalue weighted by Crippen LogP contribution is -3.15. The van der Waals surface area contributed by atoms with Gasteiger partial charge in [-0.2, -0.15) is 0 Å². The summed E-state index contributed by atoms with van der Waals surface area (Å²) in [6, 6.07) is 6.42. The SMILES string of the molecule is O=C(COc1ccccc1O)N1CC[NH+](CCS(=O)(=O)[O-])CC1. The maximum absolute atomic E-state index is 12.1. The van der Waals surface area contributed by atoms with Crippen LogP contribution in [0.15, 0.2) is 24.3 Å². The standard InChI is InChI=1S/C14H20N2O6S/c17-12-3-1-2-4-13(12)22-11-14(18)16-7-5-15(6-8-16)9-10-23(19,20)21/h1-4,17H,5-11H2,(H,19,20,21). The number of nitrogens with one attached hydrogen (secondary N) is 1. The van der Waals surface area contributed by atoms with Crippen LogP contribution in [0, 0.1) is 0 Å². The van der Waals surface area contributed by atoms with E-state index in [0.717, 1.165) is 4.90 Å². The number of carbonyl (C=O) groups excluding carboxylic acids is 1. The van der Waals surface area contributed by atoms with E-state index in [0.29, 0.717) is 26.2 Å². The molecule has 0 aliphatic carbocycles. The highest BCUT2D eigenvalue weighted by Gasteiger charge is 2.24. The van der Waals surface area contributed by atoms with Crippen molar-refractivity contribution in [2.24, 2.45) is 0 Å². The number of ether oxygens (including phenoxy) is 1. The van der Waals surface area contributed by atoms with Crippen LogP contribution in [0.1, 0.15) is 0 Å². The maximum Gasteiger partial charge on any atom is 0.260 e. The van der Waals surface area contributed by atoms with E-state index >= 15 is 0 Å². The summed E-state index contributed by atoms with van der Waals surface area (Å²) in [7, 11) is -4.19. The van der Waals surface area contributed by atoms with Crippen molar-refractivity contribution in [2.45, 2.75) is 0 Å². The van der Waals surface area contributed by atoms with Crippen molar-refractivity contribution in [1.29, 1.82) is 0 Å². The van der Waals surface area contributed by atoms with Crippen LogP contribution in [-0.4, -0.2) is 74.0 Å². The third-order valence-corrected chi connectivity index (χ3v) is 4.45. The van der Waals surface area contributed by atoms with Gasteiger partial charge in [-0.15, -0.1) is 0 Å². The topological polar surface area (TPSA) is 111 Å². The fraction of sp³-hybridized carbons (Fsp3) is 0.500. The second-order valence-electron chi connectivity index (χ2n) is 5.40. The summed E-state index contributed by atoms with van der Waals surface area (Å²) in [5.74, 6) is -0.338. The third-order valence-electron chi connectivity index (χ3n) is 3.75. The lowest BCUT2D eigenvalue weighted by Gasteiger charge is -2.32. The van der Waals surface area contributed by atoms with Crippen LogP contribution in [0.25, 0.3) is 0 Å². The third kappa shape index (κ3) is 5.70. The molecule has 128 valence electrons. The summed E-state index contributed by atoms with van der Waals surface area (Å²) >= 11 is 0. The average Bonchev–Trinajstić information content (AvgIpc) is 2.52. The van der Waals surface area contributed by atoms with Gasteiger partial charge >= 0.3 is 0 Å². The normalized spacial score (nSPS) is 16.3. The Morgan fingerprint density at radius 3 is 2.57 bits per heavy atom. The Balaban J connectivity index is 1.74. The zero-order valence-electron chi connectivity index (χ0n) is 12.6. The molecular formula is C14H20N2O6S. The smallest absolute Gasteiger partial charge is 0.260 e. The Morgan fingerprint density at radius 1 is 1.30 bits per heavy atom. The lowest BCUT2D eigenvalue weighted by molar-refractivity contribution is -0.901. The number of phenolic OH excluding ortho intramolecular Hbond substituents is 1. The number of aromatic hydroxyl groups is 1. The summed E-state index contributed by atoms with van der Waals surface area (Å²) in [5.41, 5.74) is 0. The first-order valence-corrected chi connectivity index (χ1v) is 8.88. The van der Waals surface area contributed by atoms with Gasteiger partial charge in [-0.25, -0.2) is 8.42 Å². The molecule has 1 amide bonds. The molecule has 0 spiro atoms. The number of quaternary nitrogens is 1. The minimum absolute atomic E-state index is 0.0200. The molecule has 0 radical (unpaired) electrons. The number of nitrogens with zero attached hydrogens (tertiary/aromatic N) is 1. The molecule has 0 bridgehead atoms. The van der Waals surface area contributed by atoms with E-state index in [-0.39, 0.29) is 36.3 Å². The van der Waals surface area contributed by atoms with Crippen LogP contribution in [-0.2, 0) is 14.9 Å². The zero-order chi connectivity index (χ0) is 16.9. The highest BCUT2D eigenvalue weighted by Crippen LogP contribution is 2.24. The summed E-state index contributed by atoms with van der Waals surface area (Å²) in [6.07, 6.45) is 0. The predicted octanol–water partition coefficient (Wildman–Crippen LogP) is -1.96. The molecule has 1 fully saturated rings. The number of hydrogen-bond acceptors (Lipinski definition) is 6. The fourth-order valence-electron chi connectivity index (χ4n) is 2.40. The molecule has 1 aromatic rings. The molecule has 0 saturated carbocycles. The molecule has 1 aliphatic rings. The first-order valence-electron chi connectivity index (χ1n) is 7.31. The Morgan fingerprint density at radius 2 is 1.96 bits per heavy atom. The van der Waals surface area contributed by atoms with E-state index in [1.165, 1.54) is 6.07 Å². The lowest BCUT2D eigenvalue weighted by atomic mass is 10.3. The van der Waals surface area contributed by atoms with Crippen molar-refractivity contribution in [2.75, 3.05) is 45.1 Å². The monoisotopic (exact) mass is 344 g/mol. The number of phenols is 1. The largest absolute Gasteiger partial charge is 0.748 e. The van der Waals surface area contributed by atoms with Crippen molar-refractivity contribution in [3.05, 3.63) is 24.3 Å². The van der Waals surface area contributed by atoms with Gasteiger partial charge in [0.2, 0.25) is 0 Å². The van der Waals surface area contributed by atoms with Crippen LogP contribution in [0.3, 0.4) is 0 Å². The number of carbonyl (C=O) groups is 1. The fourth-order valence-corrected chi connectivity index (χ4v) is 2.94. The zero-order valence-corrected chi connectivity index (χ0v) is 13.4. The minimum Gasteiger partial charge on any atom is -0.748 e. The van der Waals surface area contributed by atoms with Gasteiger partial charge in [0.25, 0.3) is 5.91 Å². The van der Waals surface area contributed by atoms with Crippen LogP contribution >= 0.6 is 0 Å². The summed E-state index contributed by atoms with van der Waals surface area (Å²) in [5, 5.41) is 9.57. The maximum atomic E-state index is 12.1. The highest BCUT2D eigenvalue weighted by atomic mass is 32.2. The van der Waals surface area contributed by atoms with Crippen LogP contribution in [0.2, 0.25) is 0 Å². The first kappa shape index (κ1) is 17.5. The van der Waals surface area contributed by atoms with Crippen LogP contribution in [0.4, 0.5) is 0 Å². The molecule has 1 saturated heterocycles. The Labute approximate surface area is 135 Å². The molecule has 2 N–H and O–H groups in total. The van der Waals surface area contributed by atoms with Crippen LogP contribution < -0.4 is 9.64 Å². The molecule has 0 unspecified atom stereocenters. The number of rotatable bonds is 6. The molecule has 1 heterocycles. The molecule has 2 rings (SSSR count). The van der Waals surface area contributed by atoms with E-state index in [1.807, 2.05) is 0 Å². The minimum atomic E-state index is -4.19. The van der Waals surface area contributed by atoms with Gasteiger partial charge in [-0.05, 0) is 12.1 Å². The molecule has 23 heavy (non-hydrogen) atoms. The second kappa shape index (κ2) is 7.62. The summed E-state index contributed by atoms with van der Waals surface area (Å²) in [6.45, 7) is 2.26. The van der Waals surface area contributed by atoms with Gasteiger partial charge in [0.05, 0.1) is 38.5 Å². The predicted molar refractivity (Wildman–Crippen MR) is 80.3 cm³/mol. The molecule has 0 aromatic heterocycles. The van der Waals surface area contributed by atoms with Gasteiger partial charge in [0.15, 0.2) is 18.1 Å². The van der Waals surface area contributed by atoms with Gasteiger partial charge in [-0.3, -0.25) is 4.79 Å². The molecule has 1 aliphatic heterocycles. The van der Waals surface area contributed by atoms with Crippen molar-refractivity contribution >= 4 is 16.0 Å². The Kier molecular flexibility index (Phi) is 5.80. The quantitative estimate of drug-likeness (QED) is 0.580. The Hall–Kier alpha value is -1.84. The summed E-state index contributed by atoms with van der Waals surface area (Å²) < 4.78 is 37.2. The number of amides is 1. The second-order valence-corrected chi connectivity index (χ2v) is 6.92. The first-order chi connectivity index (χ1) is 10.8. The number of para-hydroxylation sites is 2.